The number of fused-ring (bicyclic) bond motifs is 8. The molecule has 0 unspecified atom stereocenters. The van der Waals surface area contributed by atoms with Crippen LogP contribution in [-0.4, -0.2) is 13.6 Å². The van der Waals surface area contributed by atoms with Crippen molar-refractivity contribution in [3.05, 3.63) is 255 Å². The predicted octanol–water partition coefficient (Wildman–Crippen LogP) is 12.2. The average molecular weight is 841 g/mol. The number of rotatable bonds is 7. The fraction of sp³-hybridized carbons (Fsp3) is 0. The lowest BCUT2D eigenvalue weighted by molar-refractivity contribution is 1.24. The third-order valence-electron chi connectivity index (χ3n) is 13.6. The first-order chi connectivity index (χ1) is 32.8. The van der Waals surface area contributed by atoms with Gasteiger partial charge in [-0.2, -0.15) is 0 Å². The minimum absolute atomic E-state index is 0.0585. The zero-order valence-corrected chi connectivity index (χ0v) is 36.2. The summed E-state index contributed by atoms with van der Waals surface area (Å²) in [6.45, 7) is -0.206. The number of hydrogen-bond donors (Lipinski definition) is 0. The van der Waals surface area contributed by atoms with Crippen molar-refractivity contribution in [3.8, 4) is 11.1 Å². The molecule has 0 fully saturated rings. The summed E-state index contributed by atoms with van der Waals surface area (Å²) < 4.78 is 0. The molecule has 3 heterocycles. The highest BCUT2D eigenvalue weighted by Crippen LogP contribution is 2.52. The molecular weight excluding hydrogens is 798 g/mol. The van der Waals surface area contributed by atoms with Crippen LogP contribution in [0, 0.1) is 0 Å². The molecule has 308 valence electrons. The van der Waals surface area contributed by atoms with E-state index in [2.05, 4.69) is 274 Å². The molecule has 0 spiro atoms. The normalized spacial score (nSPS) is 13.0. The van der Waals surface area contributed by atoms with Crippen LogP contribution in [0.25, 0.3) is 11.1 Å². The van der Waals surface area contributed by atoms with Gasteiger partial charge < -0.3 is 19.5 Å². The second kappa shape index (κ2) is 15.7. The summed E-state index contributed by atoms with van der Waals surface area (Å²) in [5.41, 5.74) is 21.4. The lowest BCUT2D eigenvalue weighted by Crippen LogP contribution is -2.64. The first-order valence-corrected chi connectivity index (χ1v) is 22.8. The summed E-state index contributed by atoms with van der Waals surface area (Å²) in [4.78, 5) is 10.1. The van der Waals surface area contributed by atoms with Crippen LogP contribution in [0.2, 0.25) is 0 Å². The lowest BCUT2D eigenvalue weighted by Gasteiger charge is -2.48. The summed E-state index contributed by atoms with van der Waals surface area (Å²) >= 11 is 0. The van der Waals surface area contributed by atoms with Crippen molar-refractivity contribution in [1.82, 2.24) is 0 Å². The van der Waals surface area contributed by atoms with E-state index in [1.54, 1.807) is 0 Å². The Morgan fingerprint density at radius 3 is 1.47 bits per heavy atom. The average Bonchev–Trinajstić information content (AvgIpc) is 3.39. The second-order valence-electron chi connectivity index (χ2n) is 17.2. The van der Waals surface area contributed by atoms with Crippen LogP contribution in [0.15, 0.2) is 255 Å². The Labute approximate surface area is 387 Å². The summed E-state index contributed by atoms with van der Waals surface area (Å²) in [5.74, 6) is 0. The van der Waals surface area contributed by atoms with E-state index in [0.717, 1.165) is 39.8 Å². The molecule has 66 heavy (non-hydrogen) atoms. The number of hydrogen-bond acceptors (Lipinski definition) is 4. The zero-order chi connectivity index (χ0) is 43.6. The number of benzene rings is 10. The van der Waals surface area contributed by atoms with Crippen LogP contribution < -0.4 is 46.8 Å². The van der Waals surface area contributed by atoms with Crippen molar-refractivity contribution >= 4 is 103 Å². The van der Waals surface area contributed by atoms with Gasteiger partial charge in [0.1, 0.15) is 0 Å². The quantitative estimate of drug-likeness (QED) is 0.148. The molecule has 3 aliphatic rings. The first kappa shape index (κ1) is 38.0. The molecule has 13 rings (SSSR count). The molecule has 0 saturated heterocycles. The van der Waals surface area contributed by atoms with Crippen LogP contribution in [0.4, 0.5) is 62.6 Å². The summed E-state index contributed by atoms with van der Waals surface area (Å²) in [5, 5.41) is 0. The Kier molecular flexibility index (Phi) is 9.02. The van der Waals surface area contributed by atoms with E-state index < -0.39 is 0 Å². The fourth-order valence-corrected chi connectivity index (χ4v) is 11.0. The molecule has 0 amide bonds. The van der Waals surface area contributed by atoms with Gasteiger partial charge in [-0.1, -0.05) is 169 Å². The zero-order valence-electron chi connectivity index (χ0n) is 36.2. The summed E-state index contributed by atoms with van der Waals surface area (Å²) in [7, 11) is 0. The molecule has 0 radical (unpaired) electrons. The molecule has 0 aromatic heterocycles. The van der Waals surface area contributed by atoms with Gasteiger partial charge in [0.25, 0.3) is 6.71 Å². The maximum absolute atomic E-state index is 2.59. The van der Waals surface area contributed by atoms with Crippen molar-refractivity contribution in [2.75, 3.05) is 19.5 Å². The molecule has 0 N–H and O–H groups in total. The van der Waals surface area contributed by atoms with E-state index in [9.17, 15) is 0 Å². The number of para-hydroxylation sites is 7. The van der Waals surface area contributed by atoms with Gasteiger partial charge in [0, 0.05) is 68.0 Å². The molecule has 10 aromatic rings. The van der Waals surface area contributed by atoms with Gasteiger partial charge in [-0.05, 0) is 113 Å². The van der Waals surface area contributed by atoms with Crippen molar-refractivity contribution in [1.29, 1.82) is 0 Å². The van der Waals surface area contributed by atoms with Crippen molar-refractivity contribution < 1.29 is 0 Å². The van der Waals surface area contributed by atoms with Crippen LogP contribution in [0.5, 0.6) is 0 Å². The molecule has 0 atom stereocenters. The van der Waals surface area contributed by atoms with Crippen molar-refractivity contribution in [2.24, 2.45) is 0 Å². The minimum Gasteiger partial charge on any atom is -0.376 e. The monoisotopic (exact) mass is 840 g/mol. The molecule has 0 bridgehead atoms. The maximum Gasteiger partial charge on any atom is 0.328 e. The smallest absolute Gasteiger partial charge is 0.328 e. The molecule has 3 aliphatic heterocycles. The standard InChI is InChI=1S/C60H42B2N4/c1-7-23-43(24-8-1)62-53-42-57-59-60(58(53)50-35-19-21-37-54(50)66(62)48-33-17-6-18-34-48)65(47-31-15-5-16-32-47)56-41-49(63(44-25-9-2-10-26-44)45-27-11-3-12-28-45)39-40-52(56)61(59)51-36-20-22-38-55(51)64(57)46-29-13-4-14-30-46/h1-42H. The fourth-order valence-electron chi connectivity index (χ4n) is 11.0. The Hall–Kier alpha value is -8.47. The molecule has 10 aromatic carbocycles. The van der Waals surface area contributed by atoms with Gasteiger partial charge in [-0.25, -0.2) is 0 Å². The van der Waals surface area contributed by atoms with E-state index in [1.165, 1.54) is 61.2 Å². The molecule has 6 heteroatoms. The number of nitrogens with zero attached hydrogens (tertiary/aromatic N) is 4. The minimum atomic E-state index is -0.148. The SMILES string of the molecule is c1ccc(B2c3cc4c5c(c3-c3ccccc3N2c2ccccc2)N(c2ccccc2)c2cc(N(c3ccccc3)c3ccccc3)ccc2B5c2ccccc2N4c2ccccc2)cc1. The predicted molar refractivity (Wildman–Crippen MR) is 281 cm³/mol. The van der Waals surface area contributed by atoms with Gasteiger partial charge in [-0.15, -0.1) is 0 Å². The Bertz CT molecular complexity index is 3350. The van der Waals surface area contributed by atoms with Crippen LogP contribution in [0.1, 0.15) is 0 Å². The highest BCUT2D eigenvalue weighted by atomic mass is 15.2. The topological polar surface area (TPSA) is 13.0 Å². The highest BCUT2D eigenvalue weighted by molar-refractivity contribution is 7.01. The van der Waals surface area contributed by atoms with E-state index in [1.807, 2.05) is 0 Å². The first-order valence-electron chi connectivity index (χ1n) is 22.8. The van der Waals surface area contributed by atoms with E-state index in [0.29, 0.717) is 0 Å². The van der Waals surface area contributed by atoms with Gasteiger partial charge in [0.15, 0.2) is 0 Å². The van der Waals surface area contributed by atoms with Gasteiger partial charge in [0.05, 0.1) is 5.69 Å². The Balaban J connectivity index is 1.19. The molecule has 0 saturated carbocycles. The summed E-state index contributed by atoms with van der Waals surface area (Å²) in [6, 6.07) is 93.4. The third-order valence-corrected chi connectivity index (χ3v) is 13.6. The van der Waals surface area contributed by atoms with E-state index in [-0.39, 0.29) is 13.6 Å². The Morgan fingerprint density at radius 2 is 0.833 bits per heavy atom. The Morgan fingerprint density at radius 1 is 0.333 bits per heavy atom. The van der Waals surface area contributed by atoms with Crippen molar-refractivity contribution in [3.63, 3.8) is 0 Å². The molecule has 4 nitrogen and oxygen atoms in total. The molecular formula is C60H42B2N4. The molecule has 0 aliphatic carbocycles. The van der Waals surface area contributed by atoms with E-state index in [4.69, 9.17) is 0 Å². The number of anilines is 11. The van der Waals surface area contributed by atoms with Gasteiger partial charge in [-0.3, -0.25) is 0 Å². The van der Waals surface area contributed by atoms with Gasteiger partial charge >= 0.3 is 6.85 Å². The largest absolute Gasteiger partial charge is 0.376 e. The second-order valence-corrected chi connectivity index (χ2v) is 17.2. The van der Waals surface area contributed by atoms with Crippen LogP contribution in [-0.2, 0) is 0 Å². The van der Waals surface area contributed by atoms with Gasteiger partial charge in [0.2, 0.25) is 0 Å². The maximum atomic E-state index is 2.59. The van der Waals surface area contributed by atoms with E-state index >= 15 is 0 Å². The van der Waals surface area contributed by atoms with Crippen molar-refractivity contribution in [2.45, 2.75) is 0 Å². The van der Waals surface area contributed by atoms with Crippen LogP contribution >= 0.6 is 0 Å². The lowest BCUT2D eigenvalue weighted by atomic mass is 9.32. The van der Waals surface area contributed by atoms with Crippen LogP contribution in [0.3, 0.4) is 0 Å². The third kappa shape index (κ3) is 5.95. The summed E-state index contributed by atoms with van der Waals surface area (Å²) in [6.07, 6.45) is 0. The highest BCUT2D eigenvalue weighted by Gasteiger charge is 2.48.